The molecule has 0 aliphatic carbocycles. The number of hydrogen-bond acceptors (Lipinski definition) is 2. The summed E-state index contributed by atoms with van der Waals surface area (Å²) in [4.78, 5) is 17.8. The molecule has 1 amide bonds. The summed E-state index contributed by atoms with van der Waals surface area (Å²) in [5.41, 5.74) is 1.80. The SMILES string of the molecule is CN(C(=O)c1c[nH]c2ccccc12)C1CCCNCC1. The number of carbonyl (C=O) groups is 1. The van der Waals surface area contributed by atoms with E-state index in [0.717, 1.165) is 48.8 Å². The molecule has 2 N–H and O–H groups in total. The Kier molecular flexibility index (Phi) is 3.74. The van der Waals surface area contributed by atoms with Gasteiger partial charge in [0.15, 0.2) is 0 Å². The van der Waals surface area contributed by atoms with Crippen LogP contribution in [0.25, 0.3) is 10.9 Å². The van der Waals surface area contributed by atoms with Crippen molar-refractivity contribution in [2.24, 2.45) is 0 Å². The highest BCUT2D eigenvalue weighted by Gasteiger charge is 2.23. The first-order valence-corrected chi connectivity index (χ1v) is 7.31. The molecule has 1 aromatic carbocycles. The Morgan fingerprint density at radius 1 is 1.25 bits per heavy atom. The van der Waals surface area contributed by atoms with Crippen molar-refractivity contribution in [2.75, 3.05) is 20.1 Å². The fraction of sp³-hybridized carbons (Fsp3) is 0.438. The van der Waals surface area contributed by atoms with Crippen molar-refractivity contribution in [3.8, 4) is 0 Å². The number of fused-ring (bicyclic) bond motifs is 1. The van der Waals surface area contributed by atoms with E-state index in [2.05, 4.69) is 10.3 Å². The lowest BCUT2D eigenvalue weighted by Crippen LogP contribution is -2.37. The zero-order valence-electron chi connectivity index (χ0n) is 11.9. The first-order chi connectivity index (χ1) is 9.77. The van der Waals surface area contributed by atoms with Gasteiger partial charge in [-0.3, -0.25) is 4.79 Å². The summed E-state index contributed by atoms with van der Waals surface area (Å²) in [6, 6.07) is 8.30. The van der Waals surface area contributed by atoms with Crippen LogP contribution < -0.4 is 5.32 Å². The van der Waals surface area contributed by atoms with E-state index < -0.39 is 0 Å². The van der Waals surface area contributed by atoms with Crippen LogP contribution in [0.5, 0.6) is 0 Å². The van der Waals surface area contributed by atoms with Crippen molar-refractivity contribution in [1.82, 2.24) is 15.2 Å². The number of rotatable bonds is 2. The summed E-state index contributed by atoms with van der Waals surface area (Å²) in [5, 5.41) is 4.40. The smallest absolute Gasteiger partial charge is 0.256 e. The van der Waals surface area contributed by atoms with Gasteiger partial charge < -0.3 is 15.2 Å². The molecule has 1 atom stereocenters. The van der Waals surface area contributed by atoms with Crippen molar-refractivity contribution in [2.45, 2.75) is 25.3 Å². The lowest BCUT2D eigenvalue weighted by molar-refractivity contribution is 0.0722. The van der Waals surface area contributed by atoms with E-state index in [-0.39, 0.29) is 5.91 Å². The van der Waals surface area contributed by atoms with Crippen LogP contribution in [0.2, 0.25) is 0 Å². The molecule has 20 heavy (non-hydrogen) atoms. The zero-order chi connectivity index (χ0) is 13.9. The minimum Gasteiger partial charge on any atom is -0.360 e. The van der Waals surface area contributed by atoms with Crippen LogP contribution >= 0.6 is 0 Å². The number of nitrogens with one attached hydrogen (secondary N) is 2. The van der Waals surface area contributed by atoms with Crippen molar-refractivity contribution in [3.05, 3.63) is 36.0 Å². The van der Waals surface area contributed by atoms with Gasteiger partial charge >= 0.3 is 0 Å². The maximum absolute atomic E-state index is 12.7. The van der Waals surface area contributed by atoms with Gasteiger partial charge in [0, 0.05) is 30.2 Å². The summed E-state index contributed by atoms with van der Waals surface area (Å²) in [6.45, 7) is 2.06. The molecule has 1 unspecified atom stereocenters. The first-order valence-electron chi connectivity index (χ1n) is 7.31. The number of amides is 1. The monoisotopic (exact) mass is 271 g/mol. The average molecular weight is 271 g/mol. The molecule has 0 bridgehead atoms. The van der Waals surface area contributed by atoms with Crippen molar-refractivity contribution in [1.29, 1.82) is 0 Å². The van der Waals surface area contributed by atoms with Gasteiger partial charge in [-0.15, -0.1) is 0 Å². The minimum atomic E-state index is 0.120. The fourth-order valence-corrected chi connectivity index (χ4v) is 2.99. The zero-order valence-corrected chi connectivity index (χ0v) is 11.9. The second kappa shape index (κ2) is 5.67. The number of para-hydroxylation sites is 1. The van der Waals surface area contributed by atoms with E-state index in [1.807, 2.05) is 42.4 Å². The number of nitrogens with zero attached hydrogens (tertiary/aromatic N) is 1. The standard InChI is InChI=1S/C16H21N3O/c1-19(12-5-4-9-17-10-8-12)16(20)14-11-18-15-7-3-2-6-13(14)15/h2-3,6-7,11-12,17-18H,4-5,8-10H2,1H3. The summed E-state index contributed by atoms with van der Waals surface area (Å²) in [7, 11) is 1.93. The second-order valence-electron chi connectivity index (χ2n) is 5.50. The molecule has 1 fully saturated rings. The number of aromatic nitrogens is 1. The van der Waals surface area contributed by atoms with Crippen LogP contribution in [0, 0.1) is 0 Å². The topological polar surface area (TPSA) is 48.1 Å². The third-order valence-corrected chi connectivity index (χ3v) is 4.23. The number of aromatic amines is 1. The Morgan fingerprint density at radius 2 is 2.10 bits per heavy atom. The summed E-state index contributed by atoms with van der Waals surface area (Å²) in [5.74, 6) is 0.120. The summed E-state index contributed by atoms with van der Waals surface area (Å²) < 4.78 is 0. The molecule has 0 spiro atoms. The minimum absolute atomic E-state index is 0.120. The van der Waals surface area contributed by atoms with Crippen LogP contribution in [0.15, 0.2) is 30.5 Å². The Labute approximate surface area is 119 Å². The maximum atomic E-state index is 12.7. The quantitative estimate of drug-likeness (QED) is 0.881. The van der Waals surface area contributed by atoms with Gasteiger partial charge in [0.2, 0.25) is 0 Å². The molecular formula is C16H21N3O. The van der Waals surface area contributed by atoms with Gasteiger partial charge in [-0.1, -0.05) is 18.2 Å². The Hall–Kier alpha value is -1.81. The van der Waals surface area contributed by atoms with Gasteiger partial charge in [-0.2, -0.15) is 0 Å². The van der Waals surface area contributed by atoms with Gasteiger partial charge in [0.05, 0.1) is 5.56 Å². The number of benzene rings is 1. The molecule has 1 saturated heterocycles. The summed E-state index contributed by atoms with van der Waals surface area (Å²) >= 11 is 0. The normalized spacial score (nSPS) is 19.8. The van der Waals surface area contributed by atoms with E-state index in [1.165, 1.54) is 0 Å². The van der Waals surface area contributed by atoms with Crippen LogP contribution in [0.3, 0.4) is 0 Å². The molecule has 3 rings (SSSR count). The molecule has 0 saturated carbocycles. The molecule has 106 valence electrons. The highest BCUT2D eigenvalue weighted by atomic mass is 16.2. The molecule has 0 radical (unpaired) electrons. The summed E-state index contributed by atoms with van der Waals surface area (Å²) in [6.07, 6.45) is 5.08. The largest absolute Gasteiger partial charge is 0.360 e. The molecule has 1 aliphatic rings. The Morgan fingerprint density at radius 3 is 3.00 bits per heavy atom. The van der Waals surface area contributed by atoms with E-state index in [1.54, 1.807) is 0 Å². The lowest BCUT2D eigenvalue weighted by Gasteiger charge is -2.26. The van der Waals surface area contributed by atoms with E-state index in [4.69, 9.17) is 0 Å². The Bertz CT molecular complexity index is 597. The molecule has 4 nitrogen and oxygen atoms in total. The van der Waals surface area contributed by atoms with E-state index in [9.17, 15) is 4.79 Å². The third kappa shape index (κ3) is 2.43. The average Bonchev–Trinajstić information content (AvgIpc) is 2.72. The van der Waals surface area contributed by atoms with Crippen molar-refractivity contribution in [3.63, 3.8) is 0 Å². The molecule has 4 heteroatoms. The molecule has 1 aromatic heterocycles. The van der Waals surface area contributed by atoms with Crippen molar-refractivity contribution >= 4 is 16.8 Å². The predicted octanol–water partition coefficient (Wildman–Crippen LogP) is 2.38. The van der Waals surface area contributed by atoms with E-state index >= 15 is 0 Å². The first kappa shape index (κ1) is 13.2. The fourth-order valence-electron chi connectivity index (χ4n) is 2.99. The van der Waals surface area contributed by atoms with E-state index in [0.29, 0.717) is 6.04 Å². The van der Waals surface area contributed by atoms with Gasteiger partial charge in [-0.05, 0) is 38.4 Å². The van der Waals surface area contributed by atoms with Gasteiger partial charge in [0.25, 0.3) is 5.91 Å². The molecule has 2 aromatic rings. The molecule has 2 heterocycles. The highest BCUT2D eigenvalue weighted by Crippen LogP contribution is 2.21. The molecular weight excluding hydrogens is 250 g/mol. The van der Waals surface area contributed by atoms with Crippen LogP contribution in [-0.2, 0) is 0 Å². The lowest BCUT2D eigenvalue weighted by atomic mass is 10.1. The van der Waals surface area contributed by atoms with Gasteiger partial charge in [0.1, 0.15) is 0 Å². The number of hydrogen-bond donors (Lipinski definition) is 2. The van der Waals surface area contributed by atoms with Crippen molar-refractivity contribution < 1.29 is 4.79 Å². The van der Waals surface area contributed by atoms with Crippen LogP contribution in [0.4, 0.5) is 0 Å². The third-order valence-electron chi connectivity index (χ3n) is 4.23. The molecule has 1 aliphatic heterocycles. The number of H-pyrrole nitrogens is 1. The predicted molar refractivity (Wildman–Crippen MR) is 80.9 cm³/mol. The van der Waals surface area contributed by atoms with Crippen LogP contribution in [-0.4, -0.2) is 42.0 Å². The van der Waals surface area contributed by atoms with Crippen LogP contribution in [0.1, 0.15) is 29.6 Å². The highest BCUT2D eigenvalue weighted by molar-refractivity contribution is 6.06. The maximum Gasteiger partial charge on any atom is 0.256 e. The Balaban J connectivity index is 1.84. The second-order valence-corrected chi connectivity index (χ2v) is 5.50. The number of carbonyl (C=O) groups excluding carboxylic acids is 1. The van der Waals surface area contributed by atoms with Gasteiger partial charge in [-0.25, -0.2) is 0 Å².